The number of nitrogens with zero attached hydrogens (tertiary/aromatic N) is 1. The molecule has 1 aromatic rings. The SMILES string of the molecule is CC(C)CN1C(=O)NSC1Cc1ccccc1. The molecule has 0 spiro atoms. The second-order valence-electron chi connectivity index (χ2n) is 4.72. The van der Waals surface area contributed by atoms with Gasteiger partial charge in [0.1, 0.15) is 5.37 Å². The van der Waals surface area contributed by atoms with Gasteiger partial charge in [-0.05, 0) is 23.4 Å². The average molecular weight is 250 g/mol. The number of carbonyl (C=O) groups excluding carboxylic acids is 1. The molecule has 1 aromatic carbocycles. The van der Waals surface area contributed by atoms with Gasteiger partial charge in [0, 0.05) is 13.0 Å². The zero-order valence-corrected chi connectivity index (χ0v) is 11.0. The summed E-state index contributed by atoms with van der Waals surface area (Å²) in [6, 6.07) is 10.4. The van der Waals surface area contributed by atoms with Gasteiger partial charge >= 0.3 is 6.03 Å². The first-order chi connectivity index (χ1) is 8.16. The average Bonchev–Trinajstić information content (AvgIpc) is 2.62. The van der Waals surface area contributed by atoms with Gasteiger partial charge in [0.2, 0.25) is 0 Å². The zero-order valence-electron chi connectivity index (χ0n) is 10.2. The van der Waals surface area contributed by atoms with E-state index in [1.165, 1.54) is 17.5 Å². The van der Waals surface area contributed by atoms with E-state index < -0.39 is 0 Å². The highest BCUT2D eigenvalue weighted by atomic mass is 32.2. The molecule has 1 atom stereocenters. The normalized spacial score (nSPS) is 19.8. The number of nitrogens with one attached hydrogen (secondary N) is 1. The van der Waals surface area contributed by atoms with Gasteiger partial charge in [-0.2, -0.15) is 0 Å². The van der Waals surface area contributed by atoms with E-state index in [0.29, 0.717) is 5.92 Å². The number of benzene rings is 1. The Hall–Kier alpha value is -1.16. The standard InChI is InChI=1S/C13H18N2OS/c1-10(2)9-15-12(17-14-13(15)16)8-11-6-4-3-5-7-11/h3-7,10,12H,8-9H2,1-2H3,(H,14,16). The van der Waals surface area contributed by atoms with E-state index in [1.54, 1.807) is 0 Å². The van der Waals surface area contributed by atoms with Crippen LogP contribution < -0.4 is 4.72 Å². The second-order valence-corrected chi connectivity index (χ2v) is 5.70. The molecule has 2 amide bonds. The molecular formula is C13H18N2OS. The molecular weight excluding hydrogens is 232 g/mol. The van der Waals surface area contributed by atoms with Crippen molar-refractivity contribution in [1.82, 2.24) is 9.62 Å². The zero-order chi connectivity index (χ0) is 12.3. The van der Waals surface area contributed by atoms with Crippen molar-refractivity contribution in [3.8, 4) is 0 Å². The van der Waals surface area contributed by atoms with Gasteiger partial charge in [-0.25, -0.2) is 4.79 Å². The molecule has 1 saturated heterocycles. The first kappa shape index (κ1) is 12.3. The Labute approximate surface area is 107 Å². The fourth-order valence-electron chi connectivity index (χ4n) is 1.93. The Morgan fingerprint density at radius 2 is 2.06 bits per heavy atom. The molecule has 0 bridgehead atoms. The Morgan fingerprint density at radius 1 is 1.35 bits per heavy atom. The van der Waals surface area contributed by atoms with Crippen LogP contribution in [0.5, 0.6) is 0 Å². The van der Waals surface area contributed by atoms with E-state index >= 15 is 0 Å². The highest BCUT2D eigenvalue weighted by Crippen LogP contribution is 2.25. The van der Waals surface area contributed by atoms with Gasteiger partial charge in [-0.15, -0.1) is 0 Å². The van der Waals surface area contributed by atoms with Crippen molar-refractivity contribution in [3.05, 3.63) is 35.9 Å². The Morgan fingerprint density at radius 3 is 2.71 bits per heavy atom. The summed E-state index contributed by atoms with van der Waals surface area (Å²) in [7, 11) is 0. The van der Waals surface area contributed by atoms with Gasteiger partial charge in [-0.1, -0.05) is 44.2 Å². The summed E-state index contributed by atoms with van der Waals surface area (Å²) >= 11 is 1.52. The minimum atomic E-state index is 0.0460. The molecule has 92 valence electrons. The summed E-state index contributed by atoms with van der Waals surface area (Å²) in [5, 5.41) is 0.215. The first-order valence-electron chi connectivity index (χ1n) is 5.93. The van der Waals surface area contributed by atoms with E-state index in [-0.39, 0.29) is 11.4 Å². The topological polar surface area (TPSA) is 32.3 Å². The molecule has 0 aliphatic carbocycles. The molecule has 3 nitrogen and oxygen atoms in total. The van der Waals surface area contributed by atoms with E-state index in [2.05, 4.69) is 30.7 Å². The quantitative estimate of drug-likeness (QED) is 0.833. The van der Waals surface area contributed by atoms with Gasteiger partial charge < -0.3 is 4.90 Å². The number of amides is 2. The number of carbonyl (C=O) groups is 1. The monoisotopic (exact) mass is 250 g/mol. The van der Waals surface area contributed by atoms with Gasteiger partial charge in [0.25, 0.3) is 0 Å². The van der Waals surface area contributed by atoms with Crippen LogP contribution >= 0.6 is 11.9 Å². The number of hydrogen-bond donors (Lipinski definition) is 1. The van der Waals surface area contributed by atoms with Crippen molar-refractivity contribution >= 4 is 18.0 Å². The van der Waals surface area contributed by atoms with Crippen molar-refractivity contribution in [2.75, 3.05) is 6.54 Å². The first-order valence-corrected chi connectivity index (χ1v) is 6.81. The highest BCUT2D eigenvalue weighted by molar-refractivity contribution is 7.98. The molecule has 4 heteroatoms. The van der Waals surface area contributed by atoms with Crippen molar-refractivity contribution < 1.29 is 4.79 Å². The van der Waals surface area contributed by atoms with Crippen molar-refractivity contribution in [1.29, 1.82) is 0 Å². The molecule has 0 saturated carbocycles. The fraction of sp³-hybridized carbons (Fsp3) is 0.462. The summed E-state index contributed by atoms with van der Waals surface area (Å²) in [6.07, 6.45) is 0.900. The lowest BCUT2D eigenvalue weighted by atomic mass is 10.1. The highest BCUT2D eigenvalue weighted by Gasteiger charge is 2.31. The second kappa shape index (κ2) is 5.45. The van der Waals surface area contributed by atoms with Crippen LogP contribution in [0.3, 0.4) is 0 Å². The lowest BCUT2D eigenvalue weighted by Gasteiger charge is -2.23. The van der Waals surface area contributed by atoms with Crippen LogP contribution in [0.25, 0.3) is 0 Å². The molecule has 1 heterocycles. The van der Waals surface area contributed by atoms with Crippen molar-refractivity contribution in [3.63, 3.8) is 0 Å². The molecule has 1 unspecified atom stereocenters. The summed E-state index contributed by atoms with van der Waals surface area (Å²) in [5.74, 6) is 0.498. The Kier molecular flexibility index (Phi) is 3.94. The van der Waals surface area contributed by atoms with E-state index in [9.17, 15) is 4.79 Å². The maximum Gasteiger partial charge on any atom is 0.328 e. The summed E-state index contributed by atoms with van der Waals surface area (Å²) in [5.41, 5.74) is 1.27. The smallest absolute Gasteiger partial charge is 0.310 e. The Balaban J connectivity index is 2.02. The molecule has 1 N–H and O–H groups in total. The van der Waals surface area contributed by atoms with Gasteiger partial charge in [0.05, 0.1) is 0 Å². The molecule has 17 heavy (non-hydrogen) atoms. The summed E-state index contributed by atoms with van der Waals surface area (Å²) < 4.78 is 2.85. The van der Waals surface area contributed by atoms with Crippen LogP contribution in [0.2, 0.25) is 0 Å². The maximum absolute atomic E-state index is 11.7. The van der Waals surface area contributed by atoms with Gasteiger partial charge in [0.15, 0.2) is 0 Å². The van der Waals surface area contributed by atoms with Crippen molar-refractivity contribution in [2.45, 2.75) is 25.6 Å². The number of rotatable bonds is 4. The predicted octanol–water partition coefficient (Wildman–Crippen LogP) is 2.88. The molecule has 1 fully saturated rings. The Bertz CT molecular complexity index is 380. The van der Waals surface area contributed by atoms with E-state index in [0.717, 1.165) is 13.0 Å². The number of hydrogen-bond acceptors (Lipinski definition) is 2. The molecule has 2 rings (SSSR count). The third-order valence-corrected chi connectivity index (χ3v) is 3.69. The van der Waals surface area contributed by atoms with Crippen molar-refractivity contribution in [2.24, 2.45) is 5.92 Å². The largest absolute Gasteiger partial charge is 0.328 e. The lowest BCUT2D eigenvalue weighted by Crippen LogP contribution is -2.37. The van der Waals surface area contributed by atoms with Crippen LogP contribution in [0, 0.1) is 5.92 Å². The molecule has 0 radical (unpaired) electrons. The maximum atomic E-state index is 11.7. The molecule has 0 aromatic heterocycles. The summed E-state index contributed by atoms with van der Waals surface area (Å²) in [4.78, 5) is 13.6. The third kappa shape index (κ3) is 3.16. The van der Waals surface area contributed by atoms with Crippen LogP contribution in [-0.2, 0) is 6.42 Å². The third-order valence-electron chi connectivity index (χ3n) is 2.71. The lowest BCUT2D eigenvalue weighted by molar-refractivity contribution is 0.198. The van der Waals surface area contributed by atoms with Gasteiger partial charge in [-0.3, -0.25) is 4.72 Å². The van der Waals surface area contributed by atoms with E-state index in [1.807, 2.05) is 23.1 Å². The van der Waals surface area contributed by atoms with Crippen LogP contribution in [0.15, 0.2) is 30.3 Å². The fourth-order valence-corrected chi connectivity index (χ4v) is 2.87. The minimum Gasteiger partial charge on any atom is -0.310 e. The molecule has 1 aliphatic heterocycles. The molecule has 1 aliphatic rings. The van der Waals surface area contributed by atoms with E-state index in [4.69, 9.17) is 0 Å². The van der Waals surface area contributed by atoms with Crippen LogP contribution in [0.1, 0.15) is 19.4 Å². The predicted molar refractivity (Wildman–Crippen MR) is 71.6 cm³/mol. The van der Waals surface area contributed by atoms with Crippen LogP contribution in [-0.4, -0.2) is 22.8 Å². The number of urea groups is 1. The van der Waals surface area contributed by atoms with Crippen LogP contribution in [0.4, 0.5) is 4.79 Å². The summed E-state index contributed by atoms with van der Waals surface area (Å²) in [6.45, 7) is 5.09. The minimum absolute atomic E-state index is 0.0460.